The highest BCUT2D eigenvalue weighted by Crippen LogP contribution is 2.44. The van der Waals surface area contributed by atoms with Crippen LogP contribution in [0.2, 0.25) is 0 Å². The zero-order valence-corrected chi connectivity index (χ0v) is 20.7. The molecule has 10 heteroatoms. The second kappa shape index (κ2) is 9.19. The summed E-state index contributed by atoms with van der Waals surface area (Å²) in [5.41, 5.74) is 2.21. The van der Waals surface area contributed by atoms with Gasteiger partial charge < -0.3 is 14.6 Å². The van der Waals surface area contributed by atoms with E-state index in [4.69, 9.17) is 9.47 Å². The van der Waals surface area contributed by atoms with Crippen LogP contribution in [-0.4, -0.2) is 45.4 Å². The number of aromatic nitrogens is 2. The standard InChI is InChI=1S/C26H23N3O6S/c1-4-34-25(33)23-14(3)28-26(36-23)29-20(15-7-9-27-10-8-15)19(22(31)24(29)32)21(30)16-5-6-18-17(12-16)11-13(2)35-18/h5-10,12-13,20,30H,4,11H2,1-3H3. The zero-order chi connectivity index (χ0) is 25.6. The van der Waals surface area contributed by atoms with Crippen molar-refractivity contribution in [3.05, 3.63) is 75.6 Å². The lowest BCUT2D eigenvalue weighted by molar-refractivity contribution is -0.132. The molecule has 4 heterocycles. The predicted molar refractivity (Wildman–Crippen MR) is 132 cm³/mol. The minimum Gasteiger partial charge on any atom is -0.507 e. The molecule has 1 saturated heterocycles. The second-order valence-corrected chi connectivity index (χ2v) is 9.51. The molecular formula is C26H23N3O6S. The first kappa shape index (κ1) is 23.7. The first-order chi connectivity index (χ1) is 17.3. The minimum atomic E-state index is -0.961. The Morgan fingerprint density at radius 1 is 1.25 bits per heavy atom. The fourth-order valence-corrected chi connectivity index (χ4v) is 5.47. The molecule has 2 aliphatic rings. The van der Waals surface area contributed by atoms with Crippen molar-refractivity contribution < 1.29 is 29.0 Å². The van der Waals surface area contributed by atoms with E-state index in [0.717, 1.165) is 22.6 Å². The number of benzene rings is 1. The third-order valence-electron chi connectivity index (χ3n) is 6.09. The maximum absolute atomic E-state index is 13.3. The molecule has 1 N–H and O–H groups in total. The van der Waals surface area contributed by atoms with Gasteiger partial charge in [0.25, 0.3) is 5.78 Å². The van der Waals surface area contributed by atoms with E-state index in [1.165, 1.54) is 4.90 Å². The SMILES string of the molecule is CCOC(=O)c1sc(N2C(=O)C(=O)C(=C(O)c3ccc4c(c3)CC(C)O4)C2c2ccncc2)nc1C. The molecule has 0 aliphatic carbocycles. The number of anilines is 1. The highest BCUT2D eigenvalue weighted by Gasteiger charge is 2.48. The monoisotopic (exact) mass is 505 g/mol. The van der Waals surface area contributed by atoms with Crippen LogP contribution in [0.25, 0.3) is 5.76 Å². The van der Waals surface area contributed by atoms with Gasteiger partial charge in [0.2, 0.25) is 0 Å². The third kappa shape index (κ3) is 3.93. The van der Waals surface area contributed by atoms with E-state index >= 15 is 0 Å². The van der Waals surface area contributed by atoms with Crippen molar-refractivity contribution >= 4 is 39.9 Å². The van der Waals surface area contributed by atoms with Gasteiger partial charge in [-0.2, -0.15) is 0 Å². The number of pyridine rings is 1. The number of carbonyl (C=O) groups excluding carboxylic acids is 3. The van der Waals surface area contributed by atoms with Gasteiger partial charge in [-0.05, 0) is 62.2 Å². The van der Waals surface area contributed by atoms with Crippen molar-refractivity contribution in [2.45, 2.75) is 39.3 Å². The van der Waals surface area contributed by atoms with Gasteiger partial charge in [0.1, 0.15) is 22.5 Å². The van der Waals surface area contributed by atoms with Gasteiger partial charge in [-0.1, -0.05) is 11.3 Å². The summed E-state index contributed by atoms with van der Waals surface area (Å²) in [5.74, 6) is -1.80. The summed E-state index contributed by atoms with van der Waals surface area (Å²) in [6, 6.07) is 7.56. The fraction of sp³-hybridized carbons (Fsp3) is 0.269. The van der Waals surface area contributed by atoms with Crippen LogP contribution < -0.4 is 9.64 Å². The Bertz CT molecular complexity index is 1410. The number of ether oxygens (including phenoxy) is 2. The van der Waals surface area contributed by atoms with E-state index in [-0.39, 0.29) is 34.1 Å². The number of carbonyl (C=O) groups is 3. The molecule has 5 rings (SSSR count). The largest absolute Gasteiger partial charge is 0.507 e. The molecular weight excluding hydrogens is 482 g/mol. The van der Waals surface area contributed by atoms with Crippen molar-refractivity contribution in [2.24, 2.45) is 0 Å². The molecule has 1 amide bonds. The number of hydrogen-bond acceptors (Lipinski definition) is 9. The number of aryl methyl sites for hydroxylation is 1. The highest BCUT2D eigenvalue weighted by atomic mass is 32.1. The summed E-state index contributed by atoms with van der Waals surface area (Å²) in [7, 11) is 0. The quantitative estimate of drug-likeness (QED) is 0.239. The van der Waals surface area contributed by atoms with Crippen LogP contribution in [0.15, 0.2) is 48.3 Å². The smallest absolute Gasteiger partial charge is 0.350 e. The second-order valence-electron chi connectivity index (χ2n) is 8.54. The molecule has 1 aromatic carbocycles. The van der Waals surface area contributed by atoms with E-state index in [9.17, 15) is 19.5 Å². The van der Waals surface area contributed by atoms with E-state index in [1.54, 1.807) is 56.6 Å². The number of aliphatic hydroxyl groups is 1. The number of hydrogen-bond donors (Lipinski definition) is 1. The molecule has 2 aromatic heterocycles. The molecule has 0 radical (unpaired) electrons. The summed E-state index contributed by atoms with van der Waals surface area (Å²) in [5, 5.41) is 11.5. The van der Waals surface area contributed by atoms with Gasteiger partial charge in [0.05, 0.1) is 23.9 Å². The van der Waals surface area contributed by atoms with Crippen molar-refractivity contribution in [3.63, 3.8) is 0 Å². The number of amides is 1. The summed E-state index contributed by atoms with van der Waals surface area (Å²) >= 11 is 0.966. The Kier molecular flexibility index (Phi) is 6.05. The van der Waals surface area contributed by atoms with Crippen LogP contribution in [0.4, 0.5) is 5.13 Å². The summed E-state index contributed by atoms with van der Waals surface area (Å²) in [6.07, 6.45) is 3.77. The van der Waals surface area contributed by atoms with Crippen molar-refractivity contribution in [3.8, 4) is 5.75 Å². The number of aliphatic hydroxyl groups excluding tert-OH is 1. The number of rotatable bonds is 5. The molecule has 0 bridgehead atoms. The van der Waals surface area contributed by atoms with Gasteiger partial charge >= 0.3 is 11.9 Å². The maximum atomic E-state index is 13.3. The maximum Gasteiger partial charge on any atom is 0.350 e. The average molecular weight is 506 g/mol. The molecule has 184 valence electrons. The number of fused-ring (bicyclic) bond motifs is 1. The topological polar surface area (TPSA) is 119 Å². The van der Waals surface area contributed by atoms with Gasteiger partial charge in [-0.3, -0.25) is 19.5 Å². The average Bonchev–Trinajstić information content (AvgIpc) is 3.51. The molecule has 2 aliphatic heterocycles. The molecule has 1 fully saturated rings. The number of Topliss-reactive ketones (excluding diaryl/α,β-unsaturated/α-hetero) is 1. The Morgan fingerprint density at radius 3 is 2.72 bits per heavy atom. The Balaban J connectivity index is 1.65. The van der Waals surface area contributed by atoms with Gasteiger partial charge in [0.15, 0.2) is 5.13 Å². The van der Waals surface area contributed by atoms with E-state index < -0.39 is 23.7 Å². The summed E-state index contributed by atoms with van der Waals surface area (Å²) < 4.78 is 10.8. The Morgan fingerprint density at radius 2 is 2.00 bits per heavy atom. The Labute approximate surface area is 211 Å². The first-order valence-corrected chi connectivity index (χ1v) is 12.3. The van der Waals surface area contributed by atoms with Gasteiger partial charge in [-0.15, -0.1) is 0 Å². The van der Waals surface area contributed by atoms with Gasteiger partial charge in [-0.25, -0.2) is 9.78 Å². The van der Waals surface area contributed by atoms with Crippen LogP contribution in [0.1, 0.15) is 51.9 Å². The zero-order valence-electron chi connectivity index (χ0n) is 19.8. The van der Waals surface area contributed by atoms with Gasteiger partial charge in [0, 0.05) is 24.4 Å². The predicted octanol–water partition coefficient (Wildman–Crippen LogP) is 3.97. The molecule has 9 nitrogen and oxygen atoms in total. The molecule has 0 spiro atoms. The van der Waals surface area contributed by atoms with E-state index in [2.05, 4.69) is 9.97 Å². The van der Waals surface area contributed by atoms with Crippen molar-refractivity contribution in [1.82, 2.24) is 9.97 Å². The summed E-state index contributed by atoms with van der Waals surface area (Å²) in [4.78, 5) is 49.0. The van der Waals surface area contributed by atoms with Crippen LogP contribution in [0, 0.1) is 6.92 Å². The molecule has 3 aromatic rings. The molecule has 0 saturated carbocycles. The minimum absolute atomic E-state index is 0.0153. The summed E-state index contributed by atoms with van der Waals surface area (Å²) in [6.45, 7) is 5.48. The molecule has 36 heavy (non-hydrogen) atoms. The van der Waals surface area contributed by atoms with Crippen LogP contribution in [0.3, 0.4) is 0 Å². The highest BCUT2D eigenvalue weighted by molar-refractivity contribution is 7.17. The Hall–Kier alpha value is -4.05. The van der Waals surface area contributed by atoms with E-state index in [0.29, 0.717) is 23.2 Å². The van der Waals surface area contributed by atoms with E-state index in [1.807, 2.05) is 6.92 Å². The van der Waals surface area contributed by atoms with Crippen molar-refractivity contribution in [2.75, 3.05) is 11.5 Å². The van der Waals surface area contributed by atoms with Crippen LogP contribution in [-0.2, 0) is 20.7 Å². The lowest BCUT2D eigenvalue weighted by Crippen LogP contribution is -2.29. The van der Waals surface area contributed by atoms with Crippen LogP contribution >= 0.6 is 11.3 Å². The third-order valence-corrected chi connectivity index (χ3v) is 7.22. The lowest BCUT2D eigenvalue weighted by atomic mass is 9.95. The first-order valence-electron chi connectivity index (χ1n) is 11.5. The fourth-order valence-electron chi connectivity index (χ4n) is 4.49. The molecule has 2 atom stereocenters. The van der Waals surface area contributed by atoms with Crippen LogP contribution in [0.5, 0.6) is 5.75 Å². The normalized spacial score (nSPS) is 20.4. The number of ketones is 1. The lowest BCUT2D eigenvalue weighted by Gasteiger charge is -2.22. The molecule has 2 unspecified atom stereocenters. The van der Waals surface area contributed by atoms with Crippen molar-refractivity contribution in [1.29, 1.82) is 0 Å². The number of esters is 1. The number of nitrogens with zero attached hydrogens (tertiary/aromatic N) is 3. The number of thiazole rings is 1.